The molecule has 61 heavy (non-hydrogen) atoms. The number of hydrogen-bond donors (Lipinski definition) is 2. The van der Waals surface area contributed by atoms with E-state index >= 15 is 4.39 Å². The molecule has 0 radical (unpaired) electrons. The first kappa shape index (κ1) is 49.0. The molecule has 1 aliphatic carbocycles. The van der Waals surface area contributed by atoms with E-state index in [9.17, 15) is 19.6 Å². The Morgan fingerprint density at radius 1 is 0.967 bits per heavy atom. The zero-order valence-corrected chi connectivity index (χ0v) is 36.5. The number of ether oxygens (including phenoxy) is 8. The fourth-order valence-corrected chi connectivity index (χ4v) is 7.32. The summed E-state index contributed by atoms with van der Waals surface area (Å²) in [6, 6.07) is 8.95. The van der Waals surface area contributed by atoms with Gasteiger partial charge in [-0.15, -0.1) is 0 Å². The summed E-state index contributed by atoms with van der Waals surface area (Å²) in [6.07, 6.45) is 3.02. The highest BCUT2D eigenvalue weighted by Gasteiger charge is 2.61. The van der Waals surface area contributed by atoms with Crippen LogP contribution in [0.2, 0.25) is 5.02 Å². The summed E-state index contributed by atoms with van der Waals surface area (Å²) in [5, 5.41) is 17.9. The summed E-state index contributed by atoms with van der Waals surface area (Å²) in [6.45, 7) is 9.74. The van der Waals surface area contributed by atoms with Gasteiger partial charge in [0.05, 0.1) is 81.8 Å². The lowest BCUT2D eigenvalue weighted by molar-refractivity contribution is -0.119. The molecule has 4 unspecified atom stereocenters. The Labute approximate surface area is 365 Å². The van der Waals surface area contributed by atoms with Crippen LogP contribution in [0.25, 0.3) is 0 Å². The van der Waals surface area contributed by atoms with Gasteiger partial charge in [0, 0.05) is 42.5 Å². The van der Waals surface area contributed by atoms with E-state index in [1.165, 1.54) is 44.4 Å². The van der Waals surface area contributed by atoms with Gasteiger partial charge in [0.2, 0.25) is 12.2 Å². The van der Waals surface area contributed by atoms with Crippen molar-refractivity contribution in [2.24, 2.45) is 17.3 Å². The van der Waals surface area contributed by atoms with Crippen LogP contribution in [0.3, 0.4) is 0 Å². The average molecular weight is 889 g/mol. The van der Waals surface area contributed by atoms with Crippen LogP contribution in [-0.4, -0.2) is 103 Å². The largest absolute Gasteiger partial charge is 0.511 e. The van der Waals surface area contributed by atoms with E-state index in [0.29, 0.717) is 39.5 Å². The second-order valence-electron chi connectivity index (χ2n) is 15.2. The third-order valence-electron chi connectivity index (χ3n) is 9.64. The number of nitrogens with one attached hydrogen (secondary N) is 2. The normalized spacial score (nSPS) is 21.2. The van der Waals surface area contributed by atoms with Gasteiger partial charge >= 0.3 is 12.1 Å². The molecule has 0 aromatic heterocycles. The molecule has 2 aliphatic rings. The smallest absolute Gasteiger partial charge is 0.495 e. The number of carbonyl (C=O) groups excluding carboxylic acids is 3. The van der Waals surface area contributed by atoms with E-state index in [2.05, 4.69) is 28.5 Å². The number of benzene rings is 2. The Bertz CT molecular complexity index is 2010. The number of nitriles is 1. The third-order valence-corrected chi connectivity index (χ3v) is 10.1. The van der Waals surface area contributed by atoms with Crippen molar-refractivity contribution in [2.45, 2.75) is 57.9 Å². The van der Waals surface area contributed by atoms with Crippen LogP contribution in [0.15, 0.2) is 59.7 Å². The van der Waals surface area contributed by atoms with Gasteiger partial charge in [-0.2, -0.15) is 5.26 Å². The molecule has 1 saturated heterocycles. The number of allylic oxidation sites excluding steroid dienone is 4. The van der Waals surface area contributed by atoms with Gasteiger partial charge < -0.3 is 48.5 Å². The molecule has 330 valence electrons. The molecule has 0 spiro atoms. The molecule has 17 heteroatoms. The van der Waals surface area contributed by atoms with Crippen molar-refractivity contribution in [3.8, 4) is 23.7 Å². The summed E-state index contributed by atoms with van der Waals surface area (Å²) >= 11 is 12.4. The first-order valence-electron chi connectivity index (χ1n) is 19.6. The lowest BCUT2D eigenvalue weighted by Gasteiger charge is -2.38. The Balaban J connectivity index is 1.43. The SMILES string of the molecule is COCCOCCOCCOCCOC(=O)OC(C)OC(=O)c1ccc(NC(=O)[C@@H]2NC(CC(C)(C)C)[C@](C#N)(c3ccc(Cl)cc3F)C2C2C#CC(Cl)=CC=C2)c(OC)c1. The average Bonchev–Trinajstić information content (AvgIpc) is 3.35. The number of halogens is 3. The van der Waals surface area contributed by atoms with E-state index in [1.54, 1.807) is 25.3 Å². The van der Waals surface area contributed by atoms with Gasteiger partial charge in [-0.25, -0.2) is 14.0 Å². The minimum absolute atomic E-state index is 0.0166. The van der Waals surface area contributed by atoms with E-state index in [0.717, 1.165) is 6.07 Å². The standard InChI is InChI=1S/C44H52Cl2FN3O11/c1-28(61-42(53)59-23-22-58-21-20-57-19-18-56-17-16-54-5)60-41(52)30-11-15-35(36(24-30)55-6)49-40(51)39-38(29-8-7-9-31(45)12-10-29)44(27-48,37(50-39)26-43(2,3)4)33-14-13-32(46)25-34(33)47/h7-9,11,13-15,24-25,28-29,37-39,50H,16-23,26H2,1-6H3,(H,49,51)/t28?,29?,37?,38?,39-,44+/m1/s1. The van der Waals surface area contributed by atoms with Crippen molar-refractivity contribution in [3.05, 3.63) is 81.6 Å². The monoisotopic (exact) mass is 887 g/mol. The number of rotatable bonds is 21. The Hall–Kier alpha value is -4.71. The zero-order chi connectivity index (χ0) is 44.6. The Kier molecular flexibility index (Phi) is 18.9. The highest BCUT2D eigenvalue weighted by atomic mass is 35.5. The molecular weight excluding hydrogens is 836 g/mol. The number of esters is 1. The summed E-state index contributed by atoms with van der Waals surface area (Å²) in [7, 11) is 2.94. The zero-order valence-electron chi connectivity index (χ0n) is 35.0. The number of anilines is 1. The van der Waals surface area contributed by atoms with Gasteiger partial charge in [-0.3, -0.25) is 4.79 Å². The topological polar surface area (TPSA) is 173 Å². The van der Waals surface area contributed by atoms with Crippen molar-refractivity contribution in [1.29, 1.82) is 5.26 Å². The summed E-state index contributed by atoms with van der Waals surface area (Å²) in [5.41, 5.74) is -1.70. The predicted molar refractivity (Wildman–Crippen MR) is 225 cm³/mol. The lowest BCUT2D eigenvalue weighted by atomic mass is 9.61. The molecule has 14 nitrogen and oxygen atoms in total. The molecular formula is C44H52Cl2FN3O11. The van der Waals surface area contributed by atoms with E-state index in [-0.39, 0.29) is 57.9 Å². The first-order chi connectivity index (χ1) is 29.1. The highest BCUT2D eigenvalue weighted by Crippen LogP contribution is 2.51. The van der Waals surface area contributed by atoms with Gasteiger partial charge in [-0.1, -0.05) is 74.0 Å². The van der Waals surface area contributed by atoms with Crippen molar-refractivity contribution in [3.63, 3.8) is 0 Å². The van der Waals surface area contributed by atoms with Crippen LogP contribution >= 0.6 is 23.2 Å². The lowest BCUT2D eigenvalue weighted by Crippen LogP contribution is -2.47. The molecule has 2 aromatic rings. The van der Waals surface area contributed by atoms with Crippen molar-refractivity contribution in [1.82, 2.24) is 5.32 Å². The second kappa shape index (κ2) is 23.5. The molecule has 1 fully saturated rings. The fourth-order valence-electron chi connectivity index (χ4n) is 7.04. The van der Waals surface area contributed by atoms with Crippen molar-refractivity contribution >= 4 is 46.9 Å². The molecule has 2 aromatic carbocycles. The molecule has 4 rings (SSSR count). The van der Waals surface area contributed by atoms with Crippen LogP contribution in [0, 0.1) is 46.2 Å². The van der Waals surface area contributed by atoms with Crippen molar-refractivity contribution < 1.29 is 56.7 Å². The molecule has 0 bridgehead atoms. The van der Waals surface area contributed by atoms with Gasteiger partial charge in [0.15, 0.2) is 0 Å². The maximum atomic E-state index is 16.0. The second-order valence-corrected chi connectivity index (χ2v) is 16.1. The molecule has 1 amide bonds. The molecule has 6 atom stereocenters. The summed E-state index contributed by atoms with van der Waals surface area (Å²) < 4.78 is 57.8. The van der Waals surface area contributed by atoms with Crippen LogP contribution in [0.5, 0.6) is 5.75 Å². The Morgan fingerprint density at radius 2 is 1.64 bits per heavy atom. The number of nitrogens with zero attached hydrogens (tertiary/aromatic N) is 1. The fraction of sp³-hybridized carbons (Fsp3) is 0.500. The molecule has 1 heterocycles. The van der Waals surface area contributed by atoms with Gasteiger partial charge in [0.1, 0.15) is 23.6 Å². The van der Waals surface area contributed by atoms with Crippen molar-refractivity contribution in [2.75, 3.05) is 72.4 Å². The minimum atomic E-state index is -1.61. The quantitative estimate of drug-likeness (QED) is 0.0572. The third kappa shape index (κ3) is 13.9. The first-order valence-corrected chi connectivity index (χ1v) is 20.3. The highest BCUT2D eigenvalue weighted by molar-refractivity contribution is 6.32. The van der Waals surface area contributed by atoms with Crippen LogP contribution in [0.1, 0.15) is 50.0 Å². The number of carbonyl (C=O) groups is 3. The Morgan fingerprint density at radius 3 is 2.26 bits per heavy atom. The van der Waals surface area contributed by atoms with E-state index in [4.69, 9.17) is 61.1 Å². The summed E-state index contributed by atoms with van der Waals surface area (Å²) in [5.74, 6) is 2.28. The van der Waals surface area contributed by atoms with Crippen LogP contribution < -0.4 is 15.4 Å². The molecule has 2 N–H and O–H groups in total. The van der Waals surface area contributed by atoms with Crippen LogP contribution in [-0.2, 0) is 43.4 Å². The maximum absolute atomic E-state index is 16.0. The number of amides is 1. The number of hydrogen-bond acceptors (Lipinski definition) is 13. The van der Waals surface area contributed by atoms with Gasteiger partial charge in [-0.05, 0) is 48.2 Å². The predicted octanol–water partition coefficient (Wildman–Crippen LogP) is 6.94. The molecule has 1 aliphatic heterocycles. The summed E-state index contributed by atoms with van der Waals surface area (Å²) in [4.78, 5) is 39.7. The van der Waals surface area contributed by atoms with E-state index in [1.807, 2.05) is 20.8 Å². The maximum Gasteiger partial charge on any atom is 0.511 e. The van der Waals surface area contributed by atoms with Gasteiger partial charge in [0.25, 0.3) is 0 Å². The van der Waals surface area contributed by atoms with Crippen LogP contribution in [0.4, 0.5) is 14.9 Å². The number of methoxy groups -OCH3 is 2. The minimum Gasteiger partial charge on any atom is -0.495 e. The molecule has 0 saturated carbocycles. The van der Waals surface area contributed by atoms with E-state index < -0.39 is 59.5 Å².